The second kappa shape index (κ2) is 5.10. The molecule has 2 unspecified atom stereocenters. The van der Waals surface area contributed by atoms with Crippen LogP contribution in [0.25, 0.3) is 0 Å². The van der Waals surface area contributed by atoms with E-state index in [0.29, 0.717) is 25.2 Å². The molecule has 0 amide bonds. The van der Waals surface area contributed by atoms with E-state index >= 15 is 0 Å². The zero-order valence-electron chi connectivity index (χ0n) is 10.5. The average molecular weight is 257 g/mol. The Morgan fingerprint density at radius 1 is 1.33 bits per heavy atom. The third-order valence-corrected chi connectivity index (χ3v) is 3.42. The Bertz CT molecular complexity index is 439. The van der Waals surface area contributed by atoms with Crippen LogP contribution in [-0.2, 0) is 0 Å². The Hall–Kier alpha value is -1.36. The number of benzene rings is 1. The lowest BCUT2D eigenvalue weighted by Crippen LogP contribution is -2.42. The number of aliphatic hydroxyl groups excluding tert-OH is 1. The lowest BCUT2D eigenvalue weighted by atomic mass is 9.96. The average Bonchev–Trinajstić information content (AvgIpc) is 2.33. The zero-order chi connectivity index (χ0) is 13.3. The molecule has 1 aliphatic heterocycles. The van der Waals surface area contributed by atoms with Gasteiger partial charge in [0.05, 0.1) is 18.9 Å². The molecule has 18 heavy (non-hydrogen) atoms. The van der Waals surface area contributed by atoms with Crippen molar-refractivity contribution in [1.29, 1.82) is 0 Å². The van der Waals surface area contributed by atoms with E-state index in [1.54, 1.807) is 0 Å². The molecule has 2 atom stereocenters. The molecular formula is C13H17F2NO2. The van der Waals surface area contributed by atoms with E-state index in [0.717, 1.165) is 6.07 Å². The van der Waals surface area contributed by atoms with E-state index < -0.39 is 11.6 Å². The fraction of sp³-hybridized carbons (Fsp3) is 0.538. The van der Waals surface area contributed by atoms with Crippen molar-refractivity contribution in [1.82, 2.24) is 0 Å². The first-order valence-electron chi connectivity index (χ1n) is 5.99. The maximum atomic E-state index is 13.8. The number of hydrogen-bond acceptors (Lipinski definition) is 3. The van der Waals surface area contributed by atoms with Crippen LogP contribution in [0, 0.1) is 17.6 Å². The van der Waals surface area contributed by atoms with Gasteiger partial charge in [0.1, 0.15) is 5.82 Å². The summed E-state index contributed by atoms with van der Waals surface area (Å²) >= 11 is 0. The maximum absolute atomic E-state index is 13.8. The Labute approximate surface area is 105 Å². The van der Waals surface area contributed by atoms with Crippen LogP contribution in [0.4, 0.5) is 14.5 Å². The second-order valence-electron chi connectivity index (χ2n) is 4.72. The molecule has 2 rings (SSSR count). The largest absolute Gasteiger partial charge is 0.494 e. The summed E-state index contributed by atoms with van der Waals surface area (Å²) < 4.78 is 32.0. The van der Waals surface area contributed by atoms with Crippen LogP contribution in [0.1, 0.15) is 13.3 Å². The van der Waals surface area contributed by atoms with Gasteiger partial charge in [0.15, 0.2) is 11.6 Å². The van der Waals surface area contributed by atoms with E-state index in [-0.39, 0.29) is 17.8 Å². The monoisotopic (exact) mass is 257 g/mol. The van der Waals surface area contributed by atoms with Crippen molar-refractivity contribution in [2.75, 3.05) is 25.1 Å². The molecule has 0 aromatic heterocycles. The smallest absolute Gasteiger partial charge is 0.168 e. The fourth-order valence-electron chi connectivity index (χ4n) is 2.27. The number of aliphatic hydroxyl groups is 1. The first-order chi connectivity index (χ1) is 8.52. The van der Waals surface area contributed by atoms with Crippen LogP contribution in [0.2, 0.25) is 0 Å². The van der Waals surface area contributed by atoms with Crippen molar-refractivity contribution in [2.45, 2.75) is 19.4 Å². The summed E-state index contributed by atoms with van der Waals surface area (Å²) in [6.07, 6.45) is 0.229. The Balaban J connectivity index is 2.28. The molecule has 1 fully saturated rings. The number of methoxy groups -OCH3 is 1. The van der Waals surface area contributed by atoms with E-state index in [1.165, 1.54) is 13.2 Å². The van der Waals surface area contributed by atoms with E-state index in [4.69, 9.17) is 4.74 Å². The minimum absolute atomic E-state index is 0.0326. The van der Waals surface area contributed by atoms with Crippen molar-refractivity contribution in [2.24, 2.45) is 5.92 Å². The van der Waals surface area contributed by atoms with Crippen molar-refractivity contribution >= 4 is 5.69 Å². The summed E-state index contributed by atoms with van der Waals surface area (Å²) in [6.45, 7) is 3.01. The molecule has 5 heteroatoms. The number of ether oxygens (including phenoxy) is 1. The molecular weight excluding hydrogens is 240 g/mol. The fourth-order valence-corrected chi connectivity index (χ4v) is 2.27. The standard InChI is InChI=1S/C13H17F2NO2/c1-8-7-16(4-3-12(8)17)11-6-13(18-2)10(15)5-9(11)14/h5-6,8,12,17H,3-4,7H2,1-2H3. The van der Waals surface area contributed by atoms with Crippen molar-refractivity contribution in [3.63, 3.8) is 0 Å². The third-order valence-electron chi connectivity index (χ3n) is 3.42. The zero-order valence-corrected chi connectivity index (χ0v) is 10.5. The highest BCUT2D eigenvalue weighted by Crippen LogP contribution is 2.30. The Morgan fingerprint density at radius 2 is 2.06 bits per heavy atom. The first kappa shape index (κ1) is 13.1. The summed E-state index contributed by atoms with van der Waals surface area (Å²) in [5.74, 6) is -1.21. The molecule has 0 bridgehead atoms. The van der Waals surface area contributed by atoms with Gasteiger partial charge < -0.3 is 14.7 Å². The van der Waals surface area contributed by atoms with Gasteiger partial charge in [-0.1, -0.05) is 6.92 Å². The maximum Gasteiger partial charge on any atom is 0.168 e. The van der Waals surface area contributed by atoms with Crippen LogP contribution in [-0.4, -0.2) is 31.4 Å². The van der Waals surface area contributed by atoms with Gasteiger partial charge in [-0.3, -0.25) is 0 Å². The van der Waals surface area contributed by atoms with Gasteiger partial charge in [-0.25, -0.2) is 8.78 Å². The minimum Gasteiger partial charge on any atom is -0.494 e. The lowest BCUT2D eigenvalue weighted by molar-refractivity contribution is 0.0969. The predicted molar refractivity (Wildman–Crippen MR) is 64.9 cm³/mol. The number of hydrogen-bond donors (Lipinski definition) is 1. The van der Waals surface area contributed by atoms with E-state index in [1.807, 2.05) is 11.8 Å². The molecule has 1 aromatic carbocycles. The minimum atomic E-state index is -0.705. The van der Waals surface area contributed by atoms with Gasteiger partial charge >= 0.3 is 0 Å². The lowest BCUT2D eigenvalue weighted by Gasteiger charge is -2.36. The van der Waals surface area contributed by atoms with Crippen LogP contribution in [0.15, 0.2) is 12.1 Å². The topological polar surface area (TPSA) is 32.7 Å². The molecule has 1 heterocycles. The normalized spacial score (nSPS) is 24.2. The second-order valence-corrected chi connectivity index (χ2v) is 4.72. The van der Waals surface area contributed by atoms with Gasteiger partial charge in [0.2, 0.25) is 0 Å². The third kappa shape index (κ3) is 2.41. The van der Waals surface area contributed by atoms with Crippen molar-refractivity contribution < 1.29 is 18.6 Å². The van der Waals surface area contributed by atoms with Gasteiger partial charge in [0.25, 0.3) is 0 Å². The van der Waals surface area contributed by atoms with Crippen molar-refractivity contribution in [3.8, 4) is 5.75 Å². The highest BCUT2D eigenvalue weighted by atomic mass is 19.1. The van der Waals surface area contributed by atoms with E-state index in [2.05, 4.69) is 0 Å². The van der Waals surface area contributed by atoms with Crippen LogP contribution < -0.4 is 9.64 Å². The summed E-state index contributed by atoms with van der Waals surface area (Å²) in [6, 6.07) is 2.21. The molecule has 1 aliphatic rings. The van der Waals surface area contributed by atoms with Crippen molar-refractivity contribution in [3.05, 3.63) is 23.8 Å². The summed E-state index contributed by atoms with van der Waals surface area (Å²) in [5.41, 5.74) is 0.326. The van der Waals surface area contributed by atoms with Crippen LogP contribution in [0.3, 0.4) is 0 Å². The molecule has 1 saturated heterocycles. The molecule has 3 nitrogen and oxygen atoms in total. The van der Waals surface area contributed by atoms with Gasteiger partial charge in [-0.05, 0) is 12.3 Å². The SMILES string of the molecule is COc1cc(N2CCC(O)C(C)C2)c(F)cc1F. The number of anilines is 1. The first-order valence-corrected chi connectivity index (χ1v) is 5.99. The number of nitrogens with zero attached hydrogens (tertiary/aromatic N) is 1. The highest BCUT2D eigenvalue weighted by Gasteiger charge is 2.26. The molecule has 100 valence electrons. The molecule has 1 N–H and O–H groups in total. The molecule has 0 spiro atoms. The van der Waals surface area contributed by atoms with Gasteiger partial charge in [0, 0.05) is 25.2 Å². The van der Waals surface area contributed by atoms with E-state index in [9.17, 15) is 13.9 Å². The summed E-state index contributed by atoms with van der Waals surface area (Å²) in [7, 11) is 1.35. The molecule has 0 aliphatic carbocycles. The summed E-state index contributed by atoms with van der Waals surface area (Å²) in [4.78, 5) is 1.81. The molecule has 0 saturated carbocycles. The summed E-state index contributed by atoms with van der Waals surface area (Å²) in [5, 5.41) is 9.65. The quantitative estimate of drug-likeness (QED) is 0.881. The molecule has 1 aromatic rings. The number of halogens is 2. The Morgan fingerprint density at radius 3 is 2.67 bits per heavy atom. The molecule has 0 radical (unpaired) electrons. The number of piperidine rings is 1. The van der Waals surface area contributed by atoms with Crippen LogP contribution in [0.5, 0.6) is 5.75 Å². The van der Waals surface area contributed by atoms with Gasteiger partial charge in [-0.2, -0.15) is 0 Å². The number of rotatable bonds is 2. The van der Waals surface area contributed by atoms with Gasteiger partial charge in [-0.15, -0.1) is 0 Å². The van der Waals surface area contributed by atoms with Crippen LogP contribution >= 0.6 is 0 Å². The Kier molecular flexibility index (Phi) is 3.71. The predicted octanol–water partition coefficient (Wildman–Crippen LogP) is 2.18. The highest BCUT2D eigenvalue weighted by molar-refractivity contribution is 5.53.